The Bertz CT molecular complexity index is 990. The number of benzene rings is 2. The summed E-state index contributed by atoms with van der Waals surface area (Å²) in [5.41, 5.74) is 6.10. The van der Waals surface area contributed by atoms with Crippen molar-refractivity contribution in [2.75, 3.05) is 19.6 Å². The maximum Gasteiger partial charge on any atom is 0.0822 e. The molecule has 0 radical (unpaired) electrons. The zero-order valence-electron chi connectivity index (χ0n) is 17.3. The predicted octanol–water partition coefficient (Wildman–Crippen LogP) is 3.74. The van der Waals surface area contributed by atoms with Crippen LogP contribution >= 0.6 is 0 Å². The van der Waals surface area contributed by atoms with Crippen molar-refractivity contribution in [2.24, 2.45) is 0 Å². The Morgan fingerprint density at radius 2 is 1.67 bits per heavy atom. The van der Waals surface area contributed by atoms with Crippen LogP contribution in [0.4, 0.5) is 0 Å². The quantitative estimate of drug-likeness (QED) is 0.725. The smallest absolute Gasteiger partial charge is 0.0822 e. The fourth-order valence-corrected chi connectivity index (χ4v) is 4.92. The summed E-state index contributed by atoms with van der Waals surface area (Å²) < 4.78 is 0. The van der Waals surface area contributed by atoms with E-state index in [4.69, 9.17) is 4.98 Å². The van der Waals surface area contributed by atoms with Gasteiger partial charge in [-0.15, -0.1) is 0 Å². The predicted molar refractivity (Wildman–Crippen MR) is 120 cm³/mol. The molecular formula is C26H29N3O. The summed E-state index contributed by atoms with van der Waals surface area (Å²) in [6.07, 6.45) is 1.77. The van der Waals surface area contributed by atoms with E-state index in [1.165, 1.54) is 11.1 Å². The van der Waals surface area contributed by atoms with Crippen LogP contribution in [0.5, 0.6) is 0 Å². The van der Waals surface area contributed by atoms with Crippen molar-refractivity contribution in [3.8, 4) is 11.3 Å². The van der Waals surface area contributed by atoms with Gasteiger partial charge in [0.25, 0.3) is 0 Å². The van der Waals surface area contributed by atoms with Gasteiger partial charge in [-0.25, -0.2) is 0 Å². The van der Waals surface area contributed by atoms with Gasteiger partial charge in [0.2, 0.25) is 0 Å². The number of rotatable bonds is 4. The molecule has 1 saturated heterocycles. The zero-order valence-corrected chi connectivity index (χ0v) is 17.3. The second-order valence-electron chi connectivity index (χ2n) is 8.53. The van der Waals surface area contributed by atoms with Crippen LogP contribution < -0.4 is 0 Å². The number of pyridine rings is 1. The van der Waals surface area contributed by atoms with E-state index in [9.17, 15) is 5.11 Å². The van der Waals surface area contributed by atoms with Gasteiger partial charge in [0, 0.05) is 44.3 Å². The normalized spacial score (nSPS) is 22.6. The van der Waals surface area contributed by atoms with Crippen molar-refractivity contribution in [3.63, 3.8) is 0 Å². The van der Waals surface area contributed by atoms with Crippen LogP contribution in [-0.2, 0) is 19.5 Å². The van der Waals surface area contributed by atoms with E-state index in [0.29, 0.717) is 6.54 Å². The van der Waals surface area contributed by atoms with Crippen molar-refractivity contribution in [1.29, 1.82) is 0 Å². The second-order valence-corrected chi connectivity index (χ2v) is 8.53. The highest BCUT2D eigenvalue weighted by molar-refractivity contribution is 5.58. The molecule has 0 unspecified atom stereocenters. The molecule has 0 aliphatic carbocycles. The first-order chi connectivity index (χ1) is 14.8. The molecule has 0 spiro atoms. The summed E-state index contributed by atoms with van der Waals surface area (Å²) in [5, 5.41) is 10.9. The topological polar surface area (TPSA) is 39.6 Å². The van der Waals surface area contributed by atoms with E-state index in [1.54, 1.807) is 0 Å². The van der Waals surface area contributed by atoms with Gasteiger partial charge in [-0.2, -0.15) is 0 Å². The van der Waals surface area contributed by atoms with Crippen molar-refractivity contribution < 1.29 is 5.11 Å². The Morgan fingerprint density at radius 1 is 0.867 bits per heavy atom. The molecule has 1 aromatic heterocycles. The van der Waals surface area contributed by atoms with Crippen molar-refractivity contribution in [3.05, 3.63) is 89.6 Å². The Balaban J connectivity index is 1.22. The van der Waals surface area contributed by atoms with E-state index in [0.717, 1.165) is 56.0 Å². The molecule has 0 bridgehead atoms. The number of fused-ring (bicyclic) bond motifs is 1. The molecule has 0 amide bonds. The molecule has 30 heavy (non-hydrogen) atoms. The van der Waals surface area contributed by atoms with Gasteiger partial charge in [0.05, 0.1) is 17.5 Å². The first-order valence-electron chi connectivity index (χ1n) is 11.0. The molecule has 5 rings (SSSR count). The highest BCUT2D eigenvalue weighted by Crippen LogP contribution is 2.26. The number of β-amino-alcohol motifs (C(OH)–C–C–N with tert-alkyl or cyclic N) is 1. The molecule has 1 N–H and O–H groups in total. The average molecular weight is 400 g/mol. The summed E-state index contributed by atoms with van der Waals surface area (Å²) >= 11 is 0. The number of piperidine rings is 1. The van der Waals surface area contributed by atoms with Crippen LogP contribution in [0.1, 0.15) is 23.2 Å². The molecule has 2 aliphatic rings. The summed E-state index contributed by atoms with van der Waals surface area (Å²) in [6.45, 7) is 4.49. The van der Waals surface area contributed by atoms with Gasteiger partial charge in [-0.05, 0) is 36.1 Å². The van der Waals surface area contributed by atoms with Crippen LogP contribution in [0.15, 0.2) is 72.8 Å². The molecule has 3 heterocycles. The SMILES string of the molecule is O[C@@H]1CN(Cc2cccc(-c3ccccc3)n2)CC[C@H]1N1CCc2ccccc2C1. The molecule has 2 aliphatic heterocycles. The maximum absolute atomic E-state index is 10.9. The Labute approximate surface area is 178 Å². The molecule has 4 nitrogen and oxygen atoms in total. The number of hydrogen-bond donors (Lipinski definition) is 1. The standard InChI is InChI=1S/C26H29N3O/c30-26-19-28(18-23-11-6-12-24(27-23)21-8-2-1-3-9-21)15-14-25(26)29-16-13-20-7-4-5-10-22(20)17-29/h1-12,25-26,30H,13-19H2/t25-,26-/m1/s1. The summed E-state index contributed by atoms with van der Waals surface area (Å²) in [6, 6.07) is 25.5. The third kappa shape index (κ3) is 4.17. The van der Waals surface area contributed by atoms with Crippen LogP contribution in [-0.4, -0.2) is 51.7 Å². The molecule has 4 heteroatoms. The number of aromatic nitrogens is 1. The molecular weight excluding hydrogens is 370 g/mol. The fraction of sp³-hybridized carbons (Fsp3) is 0.346. The lowest BCUT2D eigenvalue weighted by molar-refractivity contribution is -0.0207. The second kappa shape index (κ2) is 8.68. The number of nitrogens with zero attached hydrogens (tertiary/aromatic N) is 3. The number of likely N-dealkylation sites (tertiary alicyclic amines) is 1. The summed E-state index contributed by atoms with van der Waals surface area (Å²) in [7, 11) is 0. The average Bonchev–Trinajstić information content (AvgIpc) is 2.80. The first-order valence-corrected chi connectivity index (χ1v) is 11.0. The zero-order chi connectivity index (χ0) is 20.3. The molecule has 1 fully saturated rings. The highest BCUT2D eigenvalue weighted by Gasteiger charge is 2.33. The Hall–Kier alpha value is -2.53. The minimum atomic E-state index is -0.318. The number of aliphatic hydroxyl groups is 1. The molecule has 154 valence electrons. The number of aliphatic hydroxyl groups excluding tert-OH is 1. The van der Waals surface area contributed by atoms with E-state index in [1.807, 2.05) is 18.2 Å². The lowest BCUT2D eigenvalue weighted by Crippen LogP contribution is -2.54. The van der Waals surface area contributed by atoms with Crippen LogP contribution in [0, 0.1) is 0 Å². The van der Waals surface area contributed by atoms with Gasteiger partial charge in [-0.1, -0.05) is 60.7 Å². The molecule has 0 saturated carbocycles. The van der Waals surface area contributed by atoms with Crippen LogP contribution in [0.3, 0.4) is 0 Å². The largest absolute Gasteiger partial charge is 0.390 e. The van der Waals surface area contributed by atoms with Crippen molar-refractivity contribution in [2.45, 2.75) is 38.1 Å². The third-order valence-corrected chi connectivity index (χ3v) is 6.52. The highest BCUT2D eigenvalue weighted by atomic mass is 16.3. The molecule has 2 atom stereocenters. The van der Waals surface area contributed by atoms with Gasteiger partial charge in [0.1, 0.15) is 0 Å². The van der Waals surface area contributed by atoms with E-state index < -0.39 is 0 Å². The molecule has 3 aromatic rings. The van der Waals surface area contributed by atoms with Gasteiger partial charge in [0.15, 0.2) is 0 Å². The van der Waals surface area contributed by atoms with Gasteiger partial charge >= 0.3 is 0 Å². The first kappa shape index (κ1) is 19.4. The minimum Gasteiger partial charge on any atom is -0.390 e. The third-order valence-electron chi connectivity index (χ3n) is 6.52. The van der Waals surface area contributed by atoms with E-state index >= 15 is 0 Å². The maximum atomic E-state index is 10.9. The van der Waals surface area contributed by atoms with Crippen molar-refractivity contribution in [1.82, 2.24) is 14.8 Å². The monoisotopic (exact) mass is 399 g/mol. The van der Waals surface area contributed by atoms with Crippen molar-refractivity contribution >= 4 is 0 Å². The van der Waals surface area contributed by atoms with Crippen LogP contribution in [0.2, 0.25) is 0 Å². The van der Waals surface area contributed by atoms with Gasteiger partial charge < -0.3 is 5.11 Å². The van der Waals surface area contributed by atoms with E-state index in [-0.39, 0.29) is 12.1 Å². The van der Waals surface area contributed by atoms with Gasteiger partial charge in [-0.3, -0.25) is 14.8 Å². The summed E-state index contributed by atoms with van der Waals surface area (Å²) in [5.74, 6) is 0. The number of hydrogen-bond acceptors (Lipinski definition) is 4. The lowest BCUT2D eigenvalue weighted by Gasteiger charge is -2.43. The Morgan fingerprint density at radius 3 is 2.50 bits per heavy atom. The Kier molecular flexibility index (Phi) is 5.63. The fourth-order valence-electron chi connectivity index (χ4n) is 4.92. The van der Waals surface area contributed by atoms with Crippen LogP contribution in [0.25, 0.3) is 11.3 Å². The van der Waals surface area contributed by atoms with E-state index in [2.05, 4.69) is 64.4 Å². The summed E-state index contributed by atoms with van der Waals surface area (Å²) in [4.78, 5) is 9.69. The minimum absolute atomic E-state index is 0.248. The lowest BCUT2D eigenvalue weighted by atomic mass is 9.94. The molecule has 2 aromatic carbocycles.